The second-order valence-electron chi connectivity index (χ2n) is 5.84. The van der Waals surface area contributed by atoms with Crippen molar-refractivity contribution in [1.29, 1.82) is 0 Å². The molecule has 0 aliphatic heterocycles. The fourth-order valence-corrected chi connectivity index (χ4v) is 3.13. The van der Waals surface area contributed by atoms with Gasteiger partial charge in [0.1, 0.15) is 11.5 Å². The van der Waals surface area contributed by atoms with Gasteiger partial charge in [-0.3, -0.25) is 0 Å². The van der Waals surface area contributed by atoms with Gasteiger partial charge < -0.3 is 10.6 Å². The van der Waals surface area contributed by atoms with Crippen molar-refractivity contribution in [2.75, 3.05) is 0 Å². The van der Waals surface area contributed by atoms with Crippen molar-refractivity contribution in [3.05, 3.63) is 35.6 Å². The van der Waals surface area contributed by atoms with E-state index < -0.39 is 5.67 Å². The fraction of sp³-hybridized carbons (Fsp3) is 0.500. The molecule has 3 saturated carbocycles. The zero-order valence-corrected chi connectivity index (χ0v) is 10.7. The molecule has 0 radical (unpaired) electrons. The Kier molecular flexibility index (Phi) is 2.56. The van der Waals surface area contributed by atoms with Gasteiger partial charge in [-0.25, -0.2) is 13.6 Å². The highest BCUT2D eigenvalue weighted by Crippen LogP contribution is 2.62. The summed E-state index contributed by atoms with van der Waals surface area (Å²) in [5, 5.41) is 5.56. The van der Waals surface area contributed by atoms with Gasteiger partial charge in [0.05, 0.1) is 11.6 Å². The molecule has 0 heterocycles. The van der Waals surface area contributed by atoms with Gasteiger partial charge in [-0.1, -0.05) is 12.1 Å². The number of urea groups is 1. The minimum absolute atomic E-state index is 0.289. The highest BCUT2D eigenvalue weighted by molar-refractivity contribution is 5.76. The van der Waals surface area contributed by atoms with E-state index in [4.69, 9.17) is 0 Å². The van der Waals surface area contributed by atoms with E-state index >= 15 is 0 Å². The average molecular weight is 266 g/mol. The lowest BCUT2D eigenvalue weighted by atomic mass is 9.47. The molecule has 1 aromatic rings. The molecule has 3 fully saturated rings. The van der Waals surface area contributed by atoms with Crippen molar-refractivity contribution in [3.63, 3.8) is 0 Å². The predicted octanol–water partition coefficient (Wildman–Crippen LogP) is 2.83. The zero-order chi connectivity index (χ0) is 13.7. The van der Waals surface area contributed by atoms with Crippen LogP contribution in [0.4, 0.5) is 13.6 Å². The van der Waals surface area contributed by atoms with Gasteiger partial charge in [-0.05, 0) is 24.6 Å². The molecule has 3 aliphatic carbocycles. The summed E-state index contributed by atoms with van der Waals surface area (Å²) < 4.78 is 26.4. The minimum atomic E-state index is -1.03. The molecule has 2 bridgehead atoms. The third-order valence-electron chi connectivity index (χ3n) is 4.04. The minimum Gasteiger partial charge on any atom is -0.332 e. The average Bonchev–Trinajstić information content (AvgIpc) is 2.25. The Bertz CT molecular complexity index is 512. The van der Waals surface area contributed by atoms with E-state index in [-0.39, 0.29) is 23.4 Å². The molecule has 3 aliphatic rings. The van der Waals surface area contributed by atoms with Crippen LogP contribution in [-0.4, -0.2) is 17.2 Å². The molecule has 0 saturated heterocycles. The van der Waals surface area contributed by atoms with Gasteiger partial charge in [0.15, 0.2) is 0 Å². The lowest BCUT2D eigenvalue weighted by Gasteiger charge is -2.65. The number of hydrogen-bond donors (Lipinski definition) is 2. The van der Waals surface area contributed by atoms with E-state index in [1.807, 2.05) is 0 Å². The first-order valence-corrected chi connectivity index (χ1v) is 6.43. The van der Waals surface area contributed by atoms with E-state index in [9.17, 15) is 13.6 Å². The Morgan fingerprint density at radius 2 is 2.05 bits per heavy atom. The Labute approximate surface area is 110 Å². The molecule has 2 amide bonds. The van der Waals surface area contributed by atoms with Crippen LogP contribution >= 0.6 is 0 Å². The van der Waals surface area contributed by atoms with Crippen LogP contribution in [0, 0.1) is 5.82 Å². The Morgan fingerprint density at radius 3 is 2.63 bits per heavy atom. The van der Waals surface area contributed by atoms with Gasteiger partial charge in [0.25, 0.3) is 0 Å². The number of hydrogen-bond acceptors (Lipinski definition) is 1. The summed E-state index contributed by atoms with van der Waals surface area (Å²) in [4.78, 5) is 11.8. The van der Waals surface area contributed by atoms with Crippen molar-refractivity contribution >= 4 is 6.03 Å². The summed E-state index contributed by atoms with van der Waals surface area (Å²) >= 11 is 0. The smallest absolute Gasteiger partial charge is 0.315 e. The molecule has 3 nitrogen and oxygen atoms in total. The van der Waals surface area contributed by atoms with Gasteiger partial charge in [0, 0.05) is 19.3 Å². The first kappa shape index (κ1) is 12.4. The number of amides is 2. The molecule has 5 heteroatoms. The first-order chi connectivity index (χ1) is 8.90. The van der Waals surface area contributed by atoms with Crippen molar-refractivity contribution in [1.82, 2.24) is 10.6 Å². The number of nitrogens with one attached hydrogen (secondary N) is 2. The summed E-state index contributed by atoms with van der Waals surface area (Å²) in [7, 11) is 0. The molecule has 0 aromatic heterocycles. The molecule has 1 atom stereocenters. The highest BCUT2D eigenvalue weighted by Gasteiger charge is 2.69. The SMILES string of the molecule is C[C@H](NC(=O)NC12CC(F)(C1)C2)c1cccc(F)c1. The molecule has 0 spiro atoms. The number of alkyl halides is 1. The van der Waals surface area contributed by atoms with Crippen LogP contribution in [0.5, 0.6) is 0 Å². The third-order valence-corrected chi connectivity index (χ3v) is 4.04. The Morgan fingerprint density at radius 1 is 1.37 bits per heavy atom. The van der Waals surface area contributed by atoms with Crippen LogP contribution in [0.2, 0.25) is 0 Å². The van der Waals surface area contributed by atoms with Gasteiger partial charge in [-0.15, -0.1) is 0 Å². The van der Waals surface area contributed by atoms with E-state index in [0.29, 0.717) is 24.8 Å². The van der Waals surface area contributed by atoms with Gasteiger partial charge in [0.2, 0.25) is 0 Å². The topological polar surface area (TPSA) is 41.1 Å². The third kappa shape index (κ3) is 2.17. The number of carbonyl (C=O) groups is 1. The molecule has 4 rings (SSSR count). The molecule has 1 aromatic carbocycles. The number of carbonyl (C=O) groups excluding carboxylic acids is 1. The van der Waals surface area contributed by atoms with Gasteiger partial charge in [-0.2, -0.15) is 0 Å². The Balaban J connectivity index is 1.55. The number of rotatable bonds is 3. The summed E-state index contributed by atoms with van der Waals surface area (Å²) in [6.07, 6.45) is 1.26. The largest absolute Gasteiger partial charge is 0.332 e. The quantitative estimate of drug-likeness (QED) is 0.867. The van der Waals surface area contributed by atoms with Crippen LogP contribution in [0.15, 0.2) is 24.3 Å². The van der Waals surface area contributed by atoms with Crippen LogP contribution < -0.4 is 10.6 Å². The number of halogens is 2. The second kappa shape index (κ2) is 3.92. The van der Waals surface area contributed by atoms with E-state index in [1.165, 1.54) is 12.1 Å². The van der Waals surface area contributed by atoms with Gasteiger partial charge >= 0.3 is 6.03 Å². The maximum Gasteiger partial charge on any atom is 0.315 e. The highest BCUT2D eigenvalue weighted by atomic mass is 19.1. The van der Waals surface area contributed by atoms with Crippen molar-refractivity contribution in [2.24, 2.45) is 0 Å². The zero-order valence-electron chi connectivity index (χ0n) is 10.7. The molecule has 102 valence electrons. The standard InChI is InChI=1S/C14H16F2N2O/c1-9(10-3-2-4-11(15)5-10)17-12(19)18-14-6-13(16,7-14)8-14/h2-5,9H,6-8H2,1H3,(H2,17,18,19)/t9-,13?,14?/m0/s1. The summed E-state index contributed by atoms with van der Waals surface area (Å²) in [5.74, 6) is -0.328. The van der Waals surface area contributed by atoms with Crippen LogP contribution in [-0.2, 0) is 0 Å². The summed E-state index contributed by atoms with van der Waals surface area (Å²) in [6.45, 7) is 1.78. The summed E-state index contributed by atoms with van der Waals surface area (Å²) in [6, 6.07) is 5.50. The van der Waals surface area contributed by atoms with Crippen LogP contribution in [0.3, 0.4) is 0 Å². The predicted molar refractivity (Wildman–Crippen MR) is 66.9 cm³/mol. The van der Waals surface area contributed by atoms with Crippen molar-refractivity contribution < 1.29 is 13.6 Å². The Hall–Kier alpha value is -1.65. The van der Waals surface area contributed by atoms with Crippen LogP contribution in [0.25, 0.3) is 0 Å². The molecule has 0 unspecified atom stereocenters. The molecule has 19 heavy (non-hydrogen) atoms. The molecule has 2 N–H and O–H groups in total. The van der Waals surface area contributed by atoms with Crippen molar-refractivity contribution in [2.45, 2.75) is 43.4 Å². The monoisotopic (exact) mass is 266 g/mol. The lowest BCUT2D eigenvalue weighted by molar-refractivity contribution is -0.162. The molecular formula is C14H16F2N2O. The second-order valence-corrected chi connectivity index (χ2v) is 5.84. The normalized spacial score (nSPS) is 32.8. The maximum absolute atomic E-state index is 13.3. The first-order valence-electron chi connectivity index (χ1n) is 6.43. The van der Waals surface area contributed by atoms with Crippen molar-refractivity contribution in [3.8, 4) is 0 Å². The summed E-state index contributed by atoms with van der Waals surface area (Å²) in [5.41, 5.74) is -0.656. The fourth-order valence-electron chi connectivity index (χ4n) is 3.13. The van der Waals surface area contributed by atoms with E-state index in [0.717, 1.165) is 0 Å². The van der Waals surface area contributed by atoms with E-state index in [1.54, 1.807) is 19.1 Å². The lowest BCUT2D eigenvalue weighted by Crippen LogP contribution is -2.77. The molecular weight excluding hydrogens is 250 g/mol. The number of benzene rings is 1. The van der Waals surface area contributed by atoms with E-state index in [2.05, 4.69) is 10.6 Å². The van der Waals surface area contributed by atoms with Crippen LogP contribution in [0.1, 0.15) is 37.8 Å². The maximum atomic E-state index is 13.3.